The van der Waals surface area contributed by atoms with Crippen molar-refractivity contribution in [2.24, 2.45) is 5.92 Å². The predicted molar refractivity (Wildman–Crippen MR) is 95.8 cm³/mol. The lowest BCUT2D eigenvalue weighted by atomic mass is 9.96. The molecule has 6 heteroatoms. The van der Waals surface area contributed by atoms with E-state index in [0.29, 0.717) is 25.9 Å². The topological polar surface area (TPSA) is 64.7 Å². The number of benzene rings is 1. The summed E-state index contributed by atoms with van der Waals surface area (Å²) in [6.07, 6.45) is 1.42. The van der Waals surface area contributed by atoms with Crippen LogP contribution in [0.2, 0.25) is 0 Å². The van der Waals surface area contributed by atoms with Crippen LogP contribution in [0.3, 0.4) is 0 Å². The van der Waals surface area contributed by atoms with Crippen molar-refractivity contribution in [2.75, 3.05) is 39.0 Å². The van der Waals surface area contributed by atoms with Crippen LogP contribution in [0.25, 0.3) is 0 Å². The highest BCUT2D eigenvalue weighted by Gasteiger charge is 2.28. The number of hydrogen-bond donors (Lipinski definition) is 2. The monoisotopic (exact) mass is 332 g/mol. The fourth-order valence-corrected chi connectivity index (χ4v) is 2.91. The van der Waals surface area contributed by atoms with Crippen molar-refractivity contribution in [3.05, 3.63) is 29.8 Å². The Kier molecular flexibility index (Phi) is 6.61. The number of carbonyl (C=O) groups excluding carboxylic acids is 2. The molecule has 1 heterocycles. The van der Waals surface area contributed by atoms with Crippen LogP contribution in [0.4, 0.5) is 10.5 Å². The van der Waals surface area contributed by atoms with Gasteiger partial charge in [0.05, 0.1) is 0 Å². The number of piperidine rings is 1. The van der Waals surface area contributed by atoms with Crippen molar-refractivity contribution in [3.63, 3.8) is 0 Å². The molecule has 1 aliphatic rings. The van der Waals surface area contributed by atoms with Gasteiger partial charge in [0, 0.05) is 45.3 Å². The minimum atomic E-state index is -0.0385. The lowest BCUT2D eigenvalue weighted by Crippen LogP contribution is -2.45. The summed E-state index contributed by atoms with van der Waals surface area (Å²) in [5.41, 5.74) is 1.96. The molecule has 1 aromatic rings. The van der Waals surface area contributed by atoms with Gasteiger partial charge in [-0.05, 0) is 31.0 Å². The quantitative estimate of drug-likeness (QED) is 0.868. The van der Waals surface area contributed by atoms with Crippen molar-refractivity contribution < 1.29 is 9.59 Å². The number of anilines is 1. The SMILES string of the molecule is CCNCc1ccccc1NC(=O)C1CCN(C(=O)N(C)C)CC1. The summed E-state index contributed by atoms with van der Waals surface area (Å²) in [6.45, 7) is 4.95. The molecular formula is C18H28N4O2. The first-order chi connectivity index (χ1) is 11.5. The molecule has 0 aromatic heterocycles. The van der Waals surface area contributed by atoms with Crippen LogP contribution in [-0.2, 0) is 11.3 Å². The smallest absolute Gasteiger partial charge is 0.319 e. The zero-order valence-electron chi connectivity index (χ0n) is 14.8. The zero-order valence-corrected chi connectivity index (χ0v) is 14.8. The molecule has 1 aliphatic heterocycles. The van der Waals surface area contributed by atoms with Crippen molar-refractivity contribution in [1.82, 2.24) is 15.1 Å². The number of amides is 3. The zero-order chi connectivity index (χ0) is 17.5. The molecule has 2 N–H and O–H groups in total. The van der Waals surface area contributed by atoms with Gasteiger partial charge in [0.25, 0.3) is 0 Å². The minimum Gasteiger partial charge on any atom is -0.331 e. The van der Waals surface area contributed by atoms with E-state index in [0.717, 1.165) is 24.3 Å². The molecule has 0 spiro atoms. The Morgan fingerprint density at radius 2 is 1.88 bits per heavy atom. The van der Waals surface area contributed by atoms with Gasteiger partial charge in [-0.15, -0.1) is 0 Å². The molecule has 0 aliphatic carbocycles. The van der Waals surface area contributed by atoms with E-state index in [4.69, 9.17) is 0 Å². The number of likely N-dealkylation sites (tertiary alicyclic amines) is 1. The van der Waals surface area contributed by atoms with Crippen LogP contribution in [-0.4, -0.2) is 55.5 Å². The Labute approximate surface area is 144 Å². The number of para-hydroxylation sites is 1. The number of urea groups is 1. The molecule has 2 rings (SSSR count). The normalized spacial score (nSPS) is 15.2. The van der Waals surface area contributed by atoms with Crippen molar-refractivity contribution in [2.45, 2.75) is 26.3 Å². The van der Waals surface area contributed by atoms with Crippen LogP contribution in [0.1, 0.15) is 25.3 Å². The highest BCUT2D eigenvalue weighted by molar-refractivity contribution is 5.93. The Bertz CT molecular complexity index is 566. The summed E-state index contributed by atoms with van der Waals surface area (Å²) < 4.78 is 0. The van der Waals surface area contributed by atoms with Crippen molar-refractivity contribution in [1.29, 1.82) is 0 Å². The molecule has 1 saturated heterocycles. The number of hydrogen-bond acceptors (Lipinski definition) is 3. The van der Waals surface area contributed by atoms with E-state index in [9.17, 15) is 9.59 Å². The highest BCUT2D eigenvalue weighted by Crippen LogP contribution is 2.22. The first-order valence-electron chi connectivity index (χ1n) is 8.58. The maximum atomic E-state index is 12.6. The van der Waals surface area contributed by atoms with Gasteiger partial charge >= 0.3 is 6.03 Å². The molecule has 1 aromatic carbocycles. The molecule has 24 heavy (non-hydrogen) atoms. The van der Waals surface area contributed by atoms with Gasteiger partial charge in [0.1, 0.15) is 0 Å². The van der Waals surface area contributed by atoms with E-state index >= 15 is 0 Å². The molecule has 0 saturated carbocycles. The summed E-state index contributed by atoms with van der Waals surface area (Å²) in [7, 11) is 3.50. The second-order valence-corrected chi connectivity index (χ2v) is 6.37. The van der Waals surface area contributed by atoms with E-state index in [1.54, 1.807) is 19.0 Å². The van der Waals surface area contributed by atoms with Crippen LogP contribution < -0.4 is 10.6 Å². The van der Waals surface area contributed by atoms with Gasteiger partial charge in [-0.25, -0.2) is 4.79 Å². The Morgan fingerprint density at radius 1 is 1.21 bits per heavy atom. The maximum absolute atomic E-state index is 12.6. The summed E-state index contributed by atoms with van der Waals surface area (Å²) in [4.78, 5) is 27.9. The lowest BCUT2D eigenvalue weighted by molar-refractivity contribution is -0.121. The maximum Gasteiger partial charge on any atom is 0.319 e. The van der Waals surface area contributed by atoms with Crippen LogP contribution in [0, 0.1) is 5.92 Å². The first kappa shape index (κ1) is 18.3. The van der Waals surface area contributed by atoms with Gasteiger partial charge < -0.3 is 20.4 Å². The molecule has 0 unspecified atom stereocenters. The third-order valence-electron chi connectivity index (χ3n) is 4.36. The molecule has 6 nitrogen and oxygen atoms in total. The molecule has 3 amide bonds. The van der Waals surface area contributed by atoms with E-state index in [-0.39, 0.29) is 17.9 Å². The summed E-state index contributed by atoms with van der Waals surface area (Å²) in [6, 6.07) is 7.90. The largest absolute Gasteiger partial charge is 0.331 e. The number of nitrogens with zero attached hydrogens (tertiary/aromatic N) is 2. The molecule has 1 fully saturated rings. The van der Waals surface area contributed by atoms with Crippen molar-refractivity contribution >= 4 is 17.6 Å². The standard InChI is InChI=1S/C18H28N4O2/c1-4-19-13-15-7-5-6-8-16(15)20-17(23)14-9-11-22(12-10-14)18(24)21(2)3/h5-8,14,19H,4,9-13H2,1-3H3,(H,20,23). The fraction of sp³-hybridized carbons (Fsp3) is 0.556. The third-order valence-corrected chi connectivity index (χ3v) is 4.36. The van der Waals surface area contributed by atoms with Gasteiger partial charge in [-0.3, -0.25) is 4.79 Å². The minimum absolute atomic E-state index is 0.0184. The number of nitrogens with one attached hydrogen (secondary N) is 2. The van der Waals surface area contributed by atoms with Crippen LogP contribution in [0.15, 0.2) is 24.3 Å². The Hall–Kier alpha value is -2.08. The third kappa shape index (κ3) is 4.71. The Balaban J connectivity index is 1.91. The summed E-state index contributed by atoms with van der Waals surface area (Å²) in [5, 5.41) is 6.35. The molecule has 0 bridgehead atoms. The fourth-order valence-electron chi connectivity index (χ4n) is 2.91. The van der Waals surface area contributed by atoms with E-state index in [2.05, 4.69) is 17.6 Å². The summed E-state index contributed by atoms with van der Waals surface area (Å²) >= 11 is 0. The van der Waals surface area contributed by atoms with Gasteiger partial charge in [0.15, 0.2) is 0 Å². The van der Waals surface area contributed by atoms with E-state index in [1.165, 1.54) is 0 Å². The van der Waals surface area contributed by atoms with Gasteiger partial charge in [-0.1, -0.05) is 25.1 Å². The molecule has 0 radical (unpaired) electrons. The predicted octanol–water partition coefficient (Wildman–Crippen LogP) is 2.13. The highest BCUT2D eigenvalue weighted by atomic mass is 16.2. The van der Waals surface area contributed by atoms with Gasteiger partial charge in [-0.2, -0.15) is 0 Å². The number of rotatable bonds is 5. The molecular weight excluding hydrogens is 304 g/mol. The molecule has 132 valence electrons. The van der Waals surface area contributed by atoms with E-state index < -0.39 is 0 Å². The summed E-state index contributed by atoms with van der Waals surface area (Å²) in [5.74, 6) is 0.0132. The second kappa shape index (κ2) is 8.68. The van der Waals surface area contributed by atoms with Gasteiger partial charge in [0.2, 0.25) is 5.91 Å². The first-order valence-corrected chi connectivity index (χ1v) is 8.58. The average molecular weight is 332 g/mol. The lowest BCUT2D eigenvalue weighted by Gasteiger charge is -2.33. The number of carbonyl (C=O) groups is 2. The second-order valence-electron chi connectivity index (χ2n) is 6.37. The Morgan fingerprint density at radius 3 is 2.50 bits per heavy atom. The van der Waals surface area contributed by atoms with Crippen LogP contribution >= 0.6 is 0 Å². The average Bonchev–Trinajstić information content (AvgIpc) is 2.60. The molecule has 0 atom stereocenters. The van der Waals surface area contributed by atoms with E-state index in [1.807, 2.05) is 29.2 Å². The van der Waals surface area contributed by atoms with Crippen LogP contribution in [0.5, 0.6) is 0 Å². The van der Waals surface area contributed by atoms with Crippen molar-refractivity contribution in [3.8, 4) is 0 Å².